The van der Waals surface area contributed by atoms with Crippen molar-refractivity contribution in [3.05, 3.63) is 54.9 Å². The summed E-state index contributed by atoms with van der Waals surface area (Å²) >= 11 is 4.23. The predicted octanol–water partition coefficient (Wildman–Crippen LogP) is 6.04. The summed E-state index contributed by atoms with van der Waals surface area (Å²) in [5.41, 5.74) is 24.4. The largest absolute Gasteiger partial charge is 0.507 e. The average molecular weight is 786 g/mol. The van der Waals surface area contributed by atoms with E-state index in [1.807, 2.05) is 48.6 Å². The Hall–Kier alpha value is -3.54. The summed E-state index contributed by atoms with van der Waals surface area (Å²) in [6, 6.07) is 7.32. The first kappa shape index (κ1) is 32.0. The fourth-order valence-electron chi connectivity index (χ4n) is 3.54. The van der Waals surface area contributed by atoms with E-state index in [0.717, 1.165) is 20.4 Å². The number of nitrogens with two attached hydrogens (primary N) is 4. The first-order valence-electron chi connectivity index (χ1n) is 12.3. The van der Waals surface area contributed by atoms with Gasteiger partial charge < -0.3 is 42.3 Å². The molecule has 4 aromatic rings. The third kappa shape index (κ3) is 8.25. The zero-order valence-electron chi connectivity index (χ0n) is 23.1. The minimum atomic E-state index is 0.0965. The van der Waals surface area contributed by atoms with E-state index in [1.165, 1.54) is 12.4 Å². The standard InChI is InChI=1S/C14H17IN4O2.C13H15IN4O2/c1-7(2)8-4-11(20-3)9(15)5-10(8)21-12-6-18-14(17)19-13(12)16;1-6(2)7-3-9(19)8(14)4-10(7)20-11-5-17-13(16)18-12(11)15/h4-7H,1-3H3,(H4,16,17,18,19);3-6,19H,1-2H3,(H4,15,16,17,18). The van der Waals surface area contributed by atoms with Crippen LogP contribution in [0.2, 0.25) is 0 Å². The average Bonchev–Trinajstić information content (AvgIpc) is 2.89. The lowest BCUT2D eigenvalue weighted by molar-refractivity contribution is 0.407. The van der Waals surface area contributed by atoms with Crippen LogP contribution in [-0.4, -0.2) is 32.2 Å². The summed E-state index contributed by atoms with van der Waals surface area (Å²) in [5, 5.41) is 9.80. The van der Waals surface area contributed by atoms with Crippen molar-refractivity contribution in [2.45, 2.75) is 39.5 Å². The Morgan fingerprint density at radius 3 is 1.51 bits per heavy atom. The molecule has 0 atom stereocenters. The van der Waals surface area contributed by atoms with Gasteiger partial charge in [-0.2, -0.15) is 9.97 Å². The molecule has 2 aromatic heterocycles. The molecule has 2 aromatic carbocycles. The molecule has 0 radical (unpaired) electrons. The van der Waals surface area contributed by atoms with Crippen molar-refractivity contribution in [2.24, 2.45) is 0 Å². The Kier molecular flexibility index (Phi) is 10.8. The highest BCUT2D eigenvalue weighted by Gasteiger charge is 2.16. The summed E-state index contributed by atoms with van der Waals surface area (Å²) in [5.74, 6) is 4.12. The fraction of sp³-hybridized carbons (Fsp3) is 0.259. The van der Waals surface area contributed by atoms with Crippen molar-refractivity contribution >= 4 is 68.7 Å². The van der Waals surface area contributed by atoms with Crippen molar-refractivity contribution in [3.8, 4) is 34.5 Å². The molecule has 41 heavy (non-hydrogen) atoms. The third-order valence-corrected chi connectivity index (χ3v) is 7.36. The summed E-state index contributed by atoms with van der Waals surface area (Å²) in [6.45, 7) is 8.18. The van der Waals surface area contributed by atoms with E-state index in [4.69, 9.17) is 37.1 Å². The van der Waals surface area contributed by atoms with Crippen LogP contribution in [0.5, 0.6) is 34.5 Å². The molecule has 0 saturated heterocycles. The maximum absolute atomic E-state index is 9.80. The molecule has 2 heterocycles. The smallest absolute Gasteiger partial charge is 0.222 e. The number of rotatable bonds is 7. The second kappa shape index (κ2) is 13.9. The Bertz CT molecular complexity index is 1540. The topological polar surface area (TPSA) is 204 Å². The Balaban J connectivity index is 0.000000226. The number of aromatic nitrogens is 4. The molecule has 0 amide bonds. The summed E-state index contributed by atoms with van der Waals surface area (Å²) in [7, 11) is 1.65. The van der Waals surface area contributed by atoms with Gasteiger partial charge in [-0.05, 0) is 81.3 Å². The molecule has 9 N–H and O–H groups in total. The molecule has 0 fully saturated rings. The van der Waals surface area contributed by atoms with E-state index in [2.05, 4.69) is 56.4 Å². The van der Waals surface area contributed by atoms with Gasteiger partial charge in [0.1, 0.15) is 23.0 Å². The lowest BCUT2D eigenvalue weighted by Gasteiger charge is -2.16. The van der Waals surface area contributed by atoms with Crippen LogP contribution in [0.3, 0.4) is 0 Å². The SMILES string of the molecule is CC(C)c1cc(O)c(I)cc1Oc1cnc(N)nc1N.COc1cc(C(C)C)c(Oc2cnc(N)nc2N)cc1I. The number of benzene rings is 2. The van der Waals surface area contributed by atoms with Crippen molar-refractivity contribution in [1.29, 1.82) is 0 Å². The van der Waals surface area contributed by atoms with Crippen LogP contribution in [0, 0.1) is 7.14 Å². The van der Waals surface area contributed by atoms with E-state index in [0.29, 0.717) is 26.6 Å². The summed E-state index contributed by atoms with van der Waals surface area (Å²) < 4.78 is 18.6. The van der Waals surface area contributed by atoms with Gasteiger partial charge in [-0.25, -0.2) is 9.97 Å². The van der Waals surface area contributed by atoms with E-state index in [1.54, 1.807) is 19.2 Å². The molecule has 0 unspecified atom stereocenters. The first-order chi connectivity index (χ1) is 19.3. The zero-order valence-corrected chi connectivity index (χ0v) is 27.5. The van der Waals surface area contributed by atoms with Crippen molar-refractivity contribution in [2.75, 3.05) is 30.0 Å². The number of phenols is 1. The number of nitrogen functional groups attached to an aromatic ring is 4. The van der Waals surface area contributed by atoms with E-state index in [9.17, 15) is 5.11 Å². The van der Waals surface area contributed by atoms with Crippen LogP contribution in [0.15, 0.2) is 36.7 Å². The Morgan fingerprint density at radius 1 is 0.659 bits per heavy atom. The molecular weight excluding hydrogens is 754 g/mol. The van der Waals surface area contributed by atoms with E-state index in [-0.39, 0.29) is 41.1 Å². The summed E-state index contributed by atoms with van der Waals surface area (Å²) in [4.78, 5) is 15.5. The quantitative estimate of drug-likeness (QED) is 0.136. The van der Waals surface area contributed by atoms with Crippen molar-refractivity contribution in [1.82, 2.24) is 19.9 Å². The molecule has 0 aliphatic rings. The number of aromatic hydroxyl groups is 1. The number of methoxy groups -OCH3 is 1. The van der Waals surface area contributed by atoms with Gasteiger partial charge in [0.2, 0.25) is 11.9 Å². The van der Waals surface area contributed by atoms with Gasteiger partial charge in [-0.3, -0.25) is 0 Å². The van der Waals surface area contributed by atoms with Crippen LogP contribution in [0.4, 0.5) is 23.5 Å². The van der Waals surface area contributed by atoms with Crippen LogP contribution < -0.4 is 37.1 Å². The number of anilines is 4. The van der Waals surface area contributed by atoms with Gasteiger partial charge in [-0.1, -0.05) is 27.7 Å². The minimum Gasteiger partial charge on any atom is -0.507 e. The molecule has 0 saturated carbocycles. The molecular formula is C27H32I2N8O4. The van der Waals surface area contributed by atoms with Gasteiger partial charge in [0.25, 0.3) is 0 Å². The number of hydrogen-bond acceptors (Lipinski definition) is 12. The molecule has 14 heteroatoms. The number of ether oxygens (including phenoxy) is 3. The number of nitrogens with zero attached hydrogens (tertiary/aromatic N) is 4. The maximum atomic E-state index is 9.80. The van der Waals surface area contributed by atoms with E-state index < -0.39 is 0 Å². The second-order valence-corrected chi connectivity index (χ2v) is 11.7. The lowest BCUT2D eigenvalue weighted by atomic mass is 10.0. The molecule has 0 bridgehead atoms. The Morgan fingerprint density at radius 2 is 1.10 bits per heavy atom. The van der Waals surface area contributed by atoms with Gasteiger partial charge in [0.05, 0.1) is 26.6 Å². The van der Waals surface area contributed by atoms with Crippen LogP contribution in [0.25, 0.3) is 0 Å². The molecule has 0 aliphatic carbocycles. The number of hydrogen-bond donors (Lipinski definition) is 5. The number of phenolic OH excluding ortho intramolecular Hbond substituents is 1. The van der Waals surface area contributed by atoms with E-state index >= 15 is 0 Å². The Labute approximate surface area is 265 Å². The monoisotopic (exact) mass is 786 g/mol. The lowest BCUT2D eigenvalue weighted by Crippen LogP contribution is -2.03. The van der Waals surface area contributed by atoms with Crippen molar-refractivity contribution in [3.63, 3.8) is 0 Å². The number of halogens is 2. The summed E-state index contributed by atoms with van der Waals surface area (Å²) in [6.07, 6.45) is 2.90. The highest BCUT2D eigenvalue weighted by Crippen LogP contribution is 2.38. The van der Waals surface area contributed by atoms with Gasteiger partial charge in [0.15, 0.2) is 23.1 Å². The molecule has 0 aliphatic heterocycles. The molecule has 4 rings (SSSR count). The zero-order chi connectivity index (χ0) is 30.4. The van der Waals surface area contributed by atoms with Gasteiger partial charge in [0, 0.05) is 11.1 Å². The van der Waals surface area contributed by atoms with Crippen molar-refractivity contribution < 1.29 is 19.3 Å². The normalized spacial score (nSPS) is 10.8. The highest BCUT2D eigenvalue weighted by molar-refractivity contribution is 14.1. The third-order valence-electron chi connectivity index (χ3n) is 5.65. The van der Waals surface area contributed by atoms with Crippen LogP contribution in [-0.2, 0) is 0 Å². The van der Waals surface area contributed by atoms with Gasteiger partial charge >= 0.3 is 0 Å². The predicted molar refractivity (Wildman–Crippen MR) is 177 cm³/mol. The molecule has 218 valence electrons. The van der Waals surface area contributed by atoms with Crippen LogP contribution in [0.1, 0.15) is 50.7 Å². The molecule has 0 spiro atoms. The minimum absolute atomic E-state index is 0.0965. The van der Waals surface area contributed by atoms with Gasteiger partial charge in [-0.15, -0.1) is 0 Å². The second-order valence-electron chi connectivity index (χ2n) is 9.33. The molecule has 12 nitrogen and oxygen atoms in total. The maximum Gasteiger partial charge on any atom is 0.222 e. The first-order valence-corrected chi connectivity index (χ1v) is 14.5. The highest BCUT2D eigenvalue weighted by atomic mass is 127. The fourth-order valence-corrected chi connectivity index (χ4v) is 4.63. The van der Waals surface area contributed by atoms with Crippen LogP contribution >= 0.6 is 45.2 Å².